The molecule has 122 valence electrons. The zero-order valence-electron chi connectivity index (χ0n) is 13.6. The number of benzene rings is 3. The Balaban J connectivity index is 1.87. The molecule has 25 heavy (non-hydrogen) atoms. The number of aryl methyl sites for hydroxylation is 1. The monoisotopic (exact) mass is 390 g/mol. The third-order valence-electron chi connectivity index (χ3n) is 4.36. The molecule has 1 heterocycles. The maximum absolute atomic E-state index is 12.1. The minimum atomic E-state index is -0.0217. The fourth-order valence-electron chi connectivity index (χ4n) is 3.05. The highest BCUT2D eigenvalue weighted by Gasteiger charge is 2.09. The normalized spacial score (nSPS) is 11.0. The average Bonchev–Trinajstić information content (AvgIpc) is 2.62. The minimum absolute atomic E-state index is 0.0217. The van der Waals surface area contributed by atoms with Gasteiger partial charge in [-0.25, -0.2) is 0 Å². The smallest absolute Gasteiger partial charge is 0.192 e. The second-order valence-corrected chi connectivity index (χ2v) is 6.95. The molecule has 0 fully saturated rings. The number of halogens is 1. The summed E-state index contributed by atoms with van der Waals surface area (Å²) in [5.74, 6) is 0. The molecule has 2 nitrogen and oxygen atoms in total. The average molecular weight is 391 g/mol. The Bertz CT molecular complexity index is 1120. The van der Waals surface area contributed by atoms with Gasteiger partial charge in [-0.15, -0.1) is 0 Å². The van der Waals surface area contributed by atoms with E-state index in [-0.39, 0.29) is 5.43 Å². The minimum Gasteiger partial charge on any atom is -0.464 e. The van der Waals surface area contributed by atoms with E-state index >= 15 is 0 Å². The van der Waals surface area contributed by atoms with Gasteiger partial charge >= 0.3 is 0 Å². The molecule has 1 aromatic heterocycles. The number of hydrogen-bond donors (Lipinski definition) is 0. The van der Waals surface area contributed by atoms with Crippen LogP contribution in [-0.2, 0) is 0 Å². The Morgan fingerprint density at radius 1 is 0.840 bits per heavy atom. The van der Waals surface area contributed by atoms with Crippen LogP contribution >= 0.6 is 15.9 Å². The van der Waals surface area contributed by atoms with Crippen molar-refractivity contribution in [3.8, 4) is 22.3 Å². The molecule has 4 aromatic rings. The van der Waals surface area contributed by atoms with Crippen molar-refractivity contribution in [3.63, 3.8) is 0 Å². The van der Waals surface area contributed by atoms with Crippen molar-refractivity contribution in [1.82, 2.24) is 0 Å². The molecule has 0 aliphatic heterocycles. The topological polar surface area (TPSA) is 30.2 Å². The van der Waals surface area contributed by atoms with Crippen molar-refractivity contribution >= 4 is 26.9 Å². The molecule has 0 aliphatic carbocycles. The van der Waals surface area contributed by atoms with Crippen LogP contribution in [-0.4, -0.2) is 0 Å². The molecule has 0 bridgehead atoms. The lowest BCUT2D eigenvalue weighted by atomic mass is 9.95. The highest BCUT2D eigenvalue weighted by Crippen LogP contribution is 2.31. The van der Waals surface area contributed by atoms with Gasteiger partial charge in [-0.1, -0.05) is 46.3 Å². The lowest BCUT2D eigenvalue weighted by Crippen LogP contribution is -1.99. The van der Waals surface area contributed by atoms with Gasteiger partial charge in [0.1, 0.15) is 5.58 Å². The molecular weight excluding hydrogens is 376 g/mol. The van der Waals surface area contributed by atoms with E-state index in [1.54, 1.807) is 0 Å². The Kier molecular flexibility index (Phi) is 4.02. The Hall–Kier alpha value is -2.65. The van der Waals surface area contributed by atoms with Crippen molar-refractivity contribution in [1.29, 1.82) is 0 Å². The molecular formula is C22H15BrO2. The van der Waals surface area contributed by atoms with E-state index in [9.17, 15) is 4.79 Å². The summed E-state index contributed by atoms with van der Waals surface area (Å²) >= 11 is 3.47. The quantitative estimate of drug-likeness (QED) is 0.407. The molecule has 3 aromatic carbocycles. The van der Waals surface area contributed by atoms with Crippen LogP contribution in [0.25, 0.3) is 33.2 Å². The third-order valence-corrected chi connectivity index (χ3v) is 4.89. The number of rotatable bonds is 2. The molecule has 0 amide bonds. The molecule has 0 radical (unpaired) electrons. The standard InChI is InChI=1S/C22H15BrO2/c1-14-11-22-20(21(24)9-10-25-22)13-19(14)17-4-2-3-16(12-17)15-5-7-18(23)8-6-15/h2-13H,1H3. The Labute approximate surface area is 153 Å². The maximum Gasteiger partial charge on any atom is 0.192 e. The van der Waals surface area contributed by atoms with Crippen LogP contribution in [0.4, 0.5) is 0 Å². The molecule has 0 unspecified atom stereocenters. The Morgan fingerprint density at radius 3 is 2.40 bits per heavy atom. The van der Waals surface area contributed by atoms with E-state index in [1.807, 2.05) is 37.3 Å². The predicted molar refractivity (Wildman–Crippen MR) is 106 cm³/mol. The highest BCUT2D eigenvalue weighted by atomic mass is 79.9. The molecule has 0 saturated carbocycles. The molecule has 0 spiro atoms. The molecule has 3 heteroatoms. The van der Waals surface area contributed by atoms with Gasteiger partial charge in [-0.3, -0.25) is 4.79 Å². The zero-order valence-corrected chi connectivity index (χ0v) is 15.2. The van der Waals surface area contributed by atoms with E-state index in [2.05, 4.69) is 46.3 Å². The van der Waals surface area contributed by atoms with Crippen molar-refractivity contribution in [2.75, 3.05) is 0 Å². The van der Waals surface area contributed by atoms with Crippen molar-refractivity contribution in [2.45, 2.75) is 6.92 Å². The van der Waals surface area contributed by atoms with Gasteiger partial charge in [0.05, 0.1) is 11.6 Å². The lowest BCUT2D eigenvalue weighted by molar-refractivity contribution is 0.602. The van der Waals surface area contributed by atoms with E-state index in [4.69, 9.17) is 4.42 Å². The van der Waals surface area contributed by atoms with Crippen molar-refractivity contribution in [2.24, 2.45) is 0 Å². The van der Waals surface area contributed by atoms with E-state index in [0.29, 0.717) is 11.0 Å². The predicted octanol–water partition coefficient (Wildman–Crippen LogP) is 6.20. The summed E-state index contributed by atoms with van der Waals surface area (Å²) in [5, 5.41) is 0.608. The summed E-state index contributed by atoms with van der Waals surface area (Å²) in [4.78, 5) is 12.1. The van der Waals surface area contributed by atoms with Gasteiger partial charge in [0.2, 0.25) is 0 Å². The summed E-state index contributed by atoms with van der Waals surface area (Å²) < 4.78 is 6.52. The summed E-state index contributed by atoms with van der Waals surface area (Å²) in [7, 11) is 0. The second-order valence-electron chi connectivity index (χ2n) is 6.04. The van der Waals surface area contributed by atoms with Gasteiger partial charge in [0.25, 0.3) is 0 Å². The largest absolute Gasteiger partial charge is 0.464 e. The number of fused-ring (bicyclic) bond motifs is 1. The van der Waals surface area contributed by atoms with Crippen molar-refractivity contribution < 1.29 is 4.42 Å². The first-order valence-corrected chi connectivity index (χ1v) is 8.80. The SMILES string of the molecule is Cc1cc2occc(=O)c2cc1-c1cccc(-c2ccc(Br)cc2)c1. The first-order chi connectivity index (χ1) is 12.1. The molecule has 4 rings (SSSR count). The van der Waals surface area contributed by atoms with Crippen LogP contribution in [0.1, 0.15) is 5.56 Å². The molecule has 0 N–H and O–H groups in total. The summed E-state index contributed by atoms with van der Waals surface area (Å²) in [5.41, 5.74) is 6.11. The molecule has 0 aliphatic rings. The van der Waals surface area contributed by atoms with Gasteiger partial charge < -0.3 is 4.42 Å². The summed E-state index contributed by atoms with van der Waals surface area (Å²) in [6.07, 6.45) is 1.44. The van der Waals surface area contributed by atoms with Gasteiger partial charge in [0, 0.05) is 10.5 Å². The van der Waals surface area contributed by atoms with Crippen LogP contribution in [0.15, 0.2) is 86.7 Å². The first-order valence-electron chi connectivity index (χ1n) is 8.00. The fourth-order valence-corrected chi connectivity index (χ4v) is 3.31. The van der Waals surface area contributed by atoms with E-state index in [1.165, 1.54) is 12.3 Å². The van der Waals surface area contributed by atoms with Crippen LogP contribution in [0.2, 0.25) is 0 Å². The fraction of sp³-hybridized carbons (Fsp3) is 0.0455. The lowest BCUT2D eigenvalue weighted by Gasteiger charge is -2.10. The van der Waals surface area contributed by atoms with Gasteiger partial charge in [-0.05, 0) is 65.1 Å². The molecule has 0 atom stereocenters. The summed E-state index contributed by atoms with van der Waals surface area (Å²) in [6.45, 7) is 2.04. The number of hydrogen-bond acceptors (Lipinski definition) is 2. The van der Waals surface area contributed by atoms with Gasteiger partial charge in [0.15, 0.2) is 5.43 Å². The van der Waals surface area contributed by atoms with Crippen LogP contribution in [0.5, 0.6) is 0 Å². The van der Waals surface area contributed by atoms with Gasteiger partial charge in [-0.2, -0.15) is 0 Å². The summed E-state index contributed by atoms with van der Waals surface area (Å²) in [6, 6.07) is 21.9. The van der Waals surface area contributed by atoms with E-state index in [0.717, 1.165) is 32.3 Å². The third kappa shape index (κ3) is 3.03. The Morgan fingerprint density at radius 2 is 1.60 bits per heavy atom. The highest BCUT2D eigenvalue weighted by molar-refractivity contribution is 9.10. The van der Waals surface area contributed by atoms with Crippen LogP contribution in [0.3, 0.4) is 0 Å². The van der Waals surface area contributed by atoms with Crippen LogP contribution in [0, 0.1) is 6.92 Å². The van der Waals surface area contributed by atoms with Crippen LogP contribution < -0.4 is 5.43 Å². The second kappa shape index (κ2) is 6.34. The molecule has 0 saturated heterocycles. The maximum atomic E-state index is 12.1. The zero-order chi connectivity index (χ0) is 17.4. The van der Waals surface area contributed by atoms with E-state index < -0.39 is 0 Å². The first kappa shape index (κ1) is 15.9. The van der Waals surface area contributed by atoms with Crippen molar-refractivity contribution in [3.05, 3.63) is 93.3 Å².